The molecule has 0 aromatic rings. The van der Waals surface area contributed by atoms with Crippen molar-refractivity contribution in [1.82, 2.24) is 15.1 Å². The average molecular weight is 250 g/mol. The van der Waals surface area contributed by atoms with Gasteiger partial charge in [-0.2, -0.15) is 0 Å². The number of guanidine groups is 1. The van der Waals surface area contributed by atoms with E-state index < -0.39 is 0 Å². The number of aliphatic imine (C=N–C) groups is 1. The molecule has 0 radical (unpaired) electrons. The van der Waals surface area contributed by atoms with Gasteiger partial charge >= 0.3 is 0 Å². The quantitative estimate of drug-likeness (QED) is 0.815. The van der Waals surface area contributed by atoms with Crippen LogP contribution in [0.1, 0.15) is 32.1 Å². The van der Waals surface area contributed by atoms with Crippen LogP contribution in [0.4, 0.5) is 0 Å². The molecule has 1 saturated carbocycles. The Morgan fingerprint density at radius 2 is 1.94 bits per heavy atom. The summed E-state index contributed by atoms with van der Waals surface area (Å²) in [6, 6.07) is 0.952. The Balaban J connectivity index is 1.39. The van der Waals surface area contributed by atoms with E-state index in [1.54, 1.807) is 0 Å². The molecule has 3 aliphatic rings. The molecule has 2 fully saturated rings. The molecule has 0 aromatic carbocycles. The maximum atomic E-state index is 4.57. The second kappa shape index (κ2) is 5.47. The number of piperidine rings is 1. The fourth-order valence-electron chi connectivity index (χ4n) is 3.11. The van der Waals surface area contributed by atoms with E-state index in [2.05, 4.69) is 27.2 Å². The van der Waals surface area contributed by atoms with Crippen molar-refractivity contribution >= 4 is 5.96 Å². The molecule has 1 saturated heterocycles. The fraction of sp³-hybridized carbons (Fsp3) is 0.929. The zero-order chi connectivity index (χ0) is 12.4. The Morgan fingerprint density at radius 1 is 1.17 bits per heavy atom. The molecule has 18 heavy (non-hydrogen) atoms. The SMILES string of the molecule is CN1CCCN=C1NCC1CCN(C2CC2)CC1. The van der Waals surface area contributed by atoms with Gasteiger partial charge in [-0.1, -0.05) is 0 Å². The zero-order valence-corrected chi connectivity index (χ0v) is 11.6. The molecule has 0 atom stereocenters. The number of nitrogens with one attached hydrogen (secondary N) is 1. The Hall–Kier alpha value is -0.770. The Labute approximate surface area is 110 Å². The molecule has 102 valence electrons. The predicted octanol–water partition coefficient (Wildman–Crippen LogP) is 1.14. The average Bonchev–Trinajstić information content (AvgIpc) is 3.23. The topological polar surface area (TPSA) is 30.9 Å². The highest BCUT2D eigenvalue weighted by Gasteiger charge is 2.31. The molecule has 3 rings (SSSR count). The molecular weight excluding hydrogens is 224 g/mol. The molecular formula is C14H26N4. The molecule has 4 nitrogen and oxygen atoms in total. The van der Waals surface area contributed by atoms with Crippen molar-refractivity contribution in [2.45, 2.75) is 38.1 Å². The van der Waals surface area contributed by atoms with Gasteiger partial charge in [0, 0.05) is 32.7 Å². The molecule has 4 heteroatoms. The highest BCUT2D eigenvalue weighted by atomic mass is 15.3. The highest BCUT2D eigenvalue weighted by Crippen LogP contribution is 2.30. The van der Waals surface area contributed by atoms with Crippen LogP contribution in [0, 0.1) is 5.92 Å². The lowest BCUT2D eigenvalue weighted by molar-refractivity contribution is 0.176. The highest BCUT2D eigenvalue weighted by molar-refractivity contribution is 5.80. The molecule has 1 N–H and O–H groups in total. The van der Waals surface area contributed by atoms with Crippen molar-refractivity contribution < 1.29 is 0 Å². The Bertz CT molecular complexity index is 303. The largest absolute Gasteiger partial charge is 0.356 e. The summed E-state index contributed by atoms with van der Waals surface area (Å²) in [6.07, 6.45) is 6.82. The summed E-state index contributed by atoms with van der Waals surface area (Å²) < 4.78 is 0. The first-order chi connectivity index (χ1) is 8.83. The van der Waals surface area contributed by atoms with E-state index in [4.69, 9.17) is 0 Å². The molecule has 2 heterocycles. The van der Waals surface area contributed by atoms with Gasteiger partial charge in [0.05, 0.1) is 0 Å². The number of hydrogen-bond donors (Lipinski definition) is 1. The summed E-state index contributed by atoms with van der Waals surface area (Å²) in [6.45, 7) is 5.89. The van der Waals surface area contributed by atoms with Crippen molar-refractivity contribution in [3.8, 4) is 0 Å². The van der Waals surface area contributed by atoms with Gasteiger partial charge in [0.2, 0.25) is 0 Å². The molecule has 0 bridgehead atoms. The summed E-state index contributed by atoms with van der Waals surface area (Å²) in [7, 11) is 2.14. The summed E-state index contributed by atoms with van der Waals surface area (Å²) >= 11 is 0. The molecule has 2 aliphatic heterocycles. The van der Waals surface area contributed by atoms with Crippen LogP contribution in [-0.4, -0.2) is 61.6 Å². The molecule has 0 amide bonds. The summed E-state index contributed by atoms with van der Waals surface area (Å²) in [4.78, 5) is 9.52. The third-order valence-corrected chi connectivity index (χ3v) is 4.54. The van der Waals surface area contributed by atoms with E-state index in [0.29, 0.717) is 0 Å². The van der Waals surface area contributed by atoms with Crippen LogP contribution < -0.4 is 5.32 Å². The molecule has 0 spiro atoms. The van der Waals surface area contributed by atoms with E-state index >= 15 is 0 Å². The van der Waals surface area contributed by atoms with E-state index in [1.807, 2.05) is 0 Å². The summed E-state index contributed by atoms with van der Waals surface area (Å²) in [5.41, 5.74) is 0. The minimum Gasteiger partial charge on any atom is -0.356 e. The first kappa shape index (κ1) is 12.3. The summed E-state index contributed by atoms with van der Waals surface area (Å²) in [5, 5.41) is 3.56. The van der Waals surface area contributed by atoms with Gasteiger partial charge in [-0.3, -0.25) is 4.99 Å². The van der Waals surface area contributed by atoms with Gasteiger partial charge in [0.15, 0.2) is 5.96 Å². The van der Waals surface area contributed by atoms with E-state index in [-0.39, 0.29) is 0 Å². The lowest BCUT2D eigenvalue weighted by atomic mass is 9.97. The standard InChI is InChI=1S/C14H26N4/c1-17-8-2-7-15-14(17)16-11-12-5-9-18(10-6-12)13-3-4-13/h12-13H,2-11H2,1H3,(H,15,16). The molecule has 0 aromatic heterocycles. The second-order valence-electron chi connectivity index (χ2n) is 6.07. The number of nitrogens with zero attached hydrogens (tertiary/aromatic N) is 3. The summed E-state index contributed by atoms with van der Waals surface area (Å²) in [5.74, 6) is 1.96. The van der Waals surface area contributed by atoms with Crippen LogP contribution in [0.5, 0.6) is 0 Å². The third kappa shape index (κ3) is 2.97. The smallest absolute Gasteiger partial charge is 0.193 e. The predicted molar refractivity (Wildman–Crippen MR) is 74.9 cm³/mol. The van der Waals surface area contributed by atoms with Crippen LogP contribution >= 0.6 is 0 Å². The van der Waals surface area contributed by atoms with E-state index in [9.17, 15) is 0 Å². The van der Waals surface area contributed by atoms with Gasteiger partial charge in [-0.15, -0.1) is 0 Å². The number of likely N-dealkylation sites (tertiary alicyclic amines) is 1. The van der Waals surface area contributed by atoms with Crippen molar-refractivity contribution in [3.63, 3.8) is 0 Å². The van der Waals surface area contributed by atoms with Gasteiger partial charge < -0.3 is 15.1 Å². The first-order valence-corrected chi connectivity index (χ1v) is 7.56. The van der Waals surface area contributed by atoms with Gasteiger partial charge in [-0.25, -0.2) is 0 Å². The van der Waals surface area contributed by atoms with Gasteiger partial charge in [0.1, 0.15) is 0 Å². The first-order valence-electron chi connectivity index (χ1n) is 7.56. The monoisotopic (exact) mass is 250 g/mol. The van der Waals surface area contributed by atoms with Crippen LogP contribution in [0.2, 0.25) is 0 Å². The third-order valence-electron chi connectivity index (χ3n) is 4.54. The van der Waals surface area contributed by atoms with Crippen molar-refractivity contribution in [3.05, 3.63) is 0 Å². The van der Waals surface area contributed by atoms with E-state index in [0.717, 1.165) is 37.6 Å². The van der Waals surface area contributed by atoms with E-state index in [1.165, 1.54) is 45.2 Å². The Morgan fingerprint density at radius 3 is 2.61 bits per heavy atom. The fourth-order valence-corrected chi connectivity index (χ4v) is 3.11. The minimum atomic E-state index is 0.845. The minimum absolute atomic E-state index is 0.845. The van der Waals surface area contributed by atoms with Crippen LogP contribution in [-0.2, 0) is 0 Å². The molecule has 1 aliphatic carbocycles. The van der Waals surface area contributed by atoms with Crippen LogP contribution in [0.25, 0.3) is 0 Å². The normalized spacial score (nSPS) is 27.2. The van der Waals surface area contributed by atoms with Crippen LogP contribution in [0.3, 0.4) is 0 Å². The van der Waals surface area contributed by atoms with Gasteiger partial charge in [0.25, 0.3) is 0 Å². The maximum Gasteiger partial charge on any atom is 0.193 e. The lowest BCUT2D eigenvalue weighted by Crippen LogP contribution is -2.45. The van der Waals surface area contributed by atoms with Gasteiger partial charge in [-0.05, 0) is 51.1 Å². The van der Waals surface area contributed by atoms with Crippen LogP contribution in [0.15, 0.2) is 4.99 Å². The molecule has 0 unspecified atom stereocenters. The second-order valence-corrected chi connectivity index (χ2v) is 6.07. The van der Waals surface area contributed by atoms with Crippen molar-refractivity contribution in [2.75, 3.05) is 39.8 Å². The zero-order valence-electron chi connectivity index (χ0n) is 11.6. The number of rotatable bonds is 3. The Kier molecular flexibility index (Phi) is 3.73. The lowest BCUT2D eigenvalue weighted by Gasteiger charge is -2.33. The van der Waals surface area contributed by atoms with Crippen molar-refractivity contribution in [2.24, 2.45) is 10.9 Å². The number of hydrogen-bond acceptors (Lipinski definition) is 4. The maximum absolute atomic E-state index is 4.57. The van der Waals surface area contributed by atoms with Crippen molar-refractivity contribution in [1.29, 1.82) is 0 Å².